The molecule has 0 fully saturated rings. The van der Waals surface area contributed by atoms with Gasteiger partial charge in [-0.1, -0.05) is 37.5 Å². The summed E-state index contributed by atoms with van der Waals surface area (Å²) >= 11 is 0. The molecule has 0 bridgehead atoms. The third-order valence-electron chi connectivity index (χ3n) is 1.62. The largest absolute Gasteiger partial charge is 0.399 e. The molecule has 0 aliphatic carbocycles. The van der Waals surface area contributed by atoms with Gasteiger partial charge >= 0.3 is 0 Å². The summed E-state index contributed by atoms with van der Waals surface area (Å²) in [5, 5.41) is 0. The van der Waals surface area contributed by atoms with Crippen LogP contribution in [0.5, 0.6) is 0 Å². The zero-order chi connectivity index (χ0) is 11.0. The Labute approximate surface area is 86.0 Å². The summed E-state index contributed by atoms with van der Waals surface area (Å²) < 4.78 is 0. The Hall–Kier alpha value is -1.54. The second-order valence-corrected chi connectivity index (χ2v) is 2.86. The van der Waals surface area contributed by atoms with E-state index in [0.29, 0.717) is 12.2 Å². The minimum atomic E-state index is 0.463. The molecule has 0 saturated carbocycles. The Kier molecular flexibility index (Phi) is 6.16. The Balaban J connectivity index is 4.55. The Morgan fingerprint density at radius 2 is 1.93 bits per heavy atom. The first-order chi connectivity index (χ1) is 6.61. The summed E-state index contributed by atoms with van der Waals surface area (Å²) in [4.78, 5) is 0. The van der Waals surface area contributed by atoms with Gasteiger partial charge in [0.05, 0.1) is 0 Å². The van der Waals surface area contributed by atoms with Crippen molar-refractivity contribution < 1.29 is 0 Å². The van der Waals surface area contributed by atoms with Crippen LogP contribution >= 0.6 is 0 Å². The maximum Gasteiger partial charge on any atom is 0.0241 e. The number of rotatable bonds is 5. The Morgan fingerprint density at radius 3 is 2.36 bits per heavy atom. The monoisotopic (exact) mass is 190 g/mol. The molecule has 2 heteroatoms. The molecule has 0 aromatic heterocycles. The van der Waals surface area contributed by atoms with Crippen molar-refractivity contribution in [1.82, 2.24) is 0 Å². The van der Waals surface area contributed by atoms with Gasteiger partial charge in [-0.25, -0.2) is 0 Å². The molecule has 0 saturated heterocycles. The van der Waals surface area contributed by atoms with Gasteiger partial charge in [0.25, 0.3) is 0 Å². The molecule has 0 aliphatic heterocycles. The van der Waals surface area contributed by atoms with Gasteiger partial charge < -0.3 is 11.5 Å². The molecular formula is C12H18N2. The molecule has 0 amide bonds. The maximum atomic E-state index is 5.57. The van der Waals surface area contributed by atoms with Crippen molar-refractivity contribution >= 4 is 0 Å². The van der Waals surface area contributed by atoms with E-state index in [-0.39, 0.29) is 0 Å². The van der Waals surface area contributed by atoms with Crippen LogP contribution < -0.4 is 11.5 Å². The molecule has 76 valence electrons. The van der Waals surface area contributed by atoms with Gasteiger partial charge in [-0.2, -0.15) is 0 Å². The summed E-state index contributed by atoms with van der Waals surface area (Å²) in [6.45, 7) is 9.86. The number of hydrogen-bond acceptors (Lipinski definition) is 2. The summed E-state index contributed by atoms with van der Waals surface area (Å²) in [6.07, 6.45) is 9.32. The molecule has 0 spiro atoms. The van der Waals surface area contributed by atoms with Crippen molar-refractivity contribution in [3.8, 4) is 0 Å². The minimum absolute atomic E-state index is 0.463. The van der Waals surface area contributed by atoms with E-state index in [0.717, 1.165) is 11.1 Å². The molecule has 4 N–H and O–H groups in total. The molecule has 0 aliphatic rings. The quantitative estimate of drug-likeness (QED) is 0.652. The van der Waals surface area contributed by atoms with Gasteiger partial charge in [-0.05, 0) is 24.1 Å². The van der Waals surface area contributed by atoms with Gasteiger partial charge in [0.2, 0.25) is 0 Å². The van der Waals surface area contributed by atoms with Crippen LogP contribution in [0, 0.1) is 0 Å². The SMILES string of the molecule is C=C(N)/C=C\C(=C)/C(=C/C=C\C)CN. The summed E-state index contributed by atoms with van der Waals surface area (Å²) in [5.74, 6) is 0. The van der Waals surface area contributed by atoms with E-state index in [2.05, 4.69) is 13.2 Å². The molecule has 0 radical (unpaired) electrons. The van der Waals surface area contributed by atoms with Crippen LogP contribution in [0.1, 0.15) is 6.92 Å². The van der Waals surface area contributed by atoms with Crippen LogP contribution in [0.2, 0.25) is 0 Å². The average Bonchev–Trinajstić information content (AvgIpc) is 2.16. The predicted octanol–water partition coefficient (Wildman–Crippen LogP) is 2.03. The zero-order valence-electron chi connectivity index (χ0n) is 8.66. The van der Waals surface area contributed by atoms with E-state index in [1.54, 1.807) is 6.08 Å². The summed E-state index contributed by atoms with van der Waals surface area (Å²) in [6, 6.07) is 0. The third-order valence-corrected chi connectivity index (χ3v) is 1.62. The first-order valence-electron chi connectivity index (χ1n) is 4.45. The maximum absolute atomic E-state index is 5.57. The topological polar surface area (TPSA) is 52.0 Å². The van der Waals surface area contributed by atoms with E-state index in [4.69, 9.17) is 11.5 Å². The van der Waals surface area contributed by atoms with Crippen molar-refractivity contribution in [3.63, 3.8) is 0 Å². The summed E-state index contributed by atoms with van der Waals surface area (Å²) in [5.41, 5.74) is 13.3. The lowest BCUT2D eigenvalue weighted by atomic mass is 10.1. The van der Waals surface area contributed by atoms with E-state index >= 15 is 0 Å². The highest BCUT2D eigenvalue weighted by Gasteiger charge is 1.94. The van der Waals surface area contributed by atoms with Crippen LogP contribution in [-0.4, -0.2) is 6.54 Å². The van der Waals surface area contributed by atoms with Gasteiger partial charge in [-0.3, -0.25) is 0 Å². The summed E-state index contributed by atoms with van der Waals surface area (Å²) in [7, 11) is 0. The molecule has 0 aromatic rings. The van der Waals surface area contributed by atoms with E-state index in [9.17, 15) is 0 Å². The molecule has 2 nitrogen and oxygen atoms in total. The fraction of sp³-hybridized carbons (Fsp3) is 0.167. The highest BCUT2D eigenvalue weighted by Crippen LogP contribution is 2.08. The van der Waals surface area contributed by atoms with Gasteiger partial charge in [-0.15, -0.1) is 0 Å². The first kappa shape index (κ1) is 12.5. The average molecular weight is 190 g/mol. The minimum Gasteiger partial charge on any atom is -0.399 e. The van der Waals surface area contributed by atoms with Gasteiger partial charge in [0, 0.05) is 12.2 Å². The smallest absolute Gasteiger partial charge is 0.0241 e. The molecule has 0 unspecified atom stereocenters. The first-order valence-corrected chi connectivity index (χ1v) is 4.45. The third kappa shape index (κ3) is 5.17. The molecule has 0 rings (SSSR count). The number of nitrogens with two attached hydrogens (primary N) is 2. The van der Waals surface area contributed by atoms with E-state index in [1.165, 1.54) is 0 Å². The van der Waals surface area contributed by atoms with E-state index in [1.807, 2.05) is 31.2 Å². The van der Waals surface area contributed by atoms with Crippen molar-refractivity contribution in [1.29, 1.82) is 0 Å². The molecule has 14 heavy (non-hydrogen) atoms. The number of hydrogen-bond donors (Lipinski definition) is 2. The lowest BCUT2D eigenvalue weighted by Gasteiger charge is -2.02. The van der Waals surface area contributed by atoms with Crippen LogP contribution in [-0.2, 0) is 0 Å². The molecule has 0 heterocycles. The predicted molar refractivity (Wildman–Crippen MR) is 63.6 cm³/mol. The van der Waals surface area contributed by atoms with Crippen LogP contribution in [0.25, 0.3) is 0 Å². The highest BCUT2D eigenvalue weighted by molar-refractivity contribution is 5.41. The Bertz CT molecular complexity index is 293. The van der Waals surface area contributed by atoms with Crippen LogP contribution in [0.15, 0.2) is 60.4 Å². The highest BCUT2D eigenvalue weighted by atomic mass is 14.5. The molecular weight excluding hydrogens is 172 g/mol. The van der Waals surface area contributed by atoms with E-state index < -0.39 is 0 Å². The van der Waals surface area contributed by atoms with Gasteiger partial charge in [0.15, 0.2) is 0 Å². The van der Waals surface area contributed by atoms with Crippen molar-refractivity contribution in [2.24, 2.45) is 11.5 Å². The van der Waals surface area contributed by atoms with Crippen molar-refractivity contribution in [2.75, 3.05) is 6.54 Å². The fourth-order valence-corrected chi connectivity index (χ4v) is 0.833. The van der Waals surface area contributed by atoms with Crippen molar-refractivity contribution in [3.05, 3.63) is 60.4 Å². The molecule has 0 aromatic carbocycles. The zero-order valence-corrected chi connectivity index (χ0v) is 8.66. The lowest BCUT2D eigenvalue weighted by Crippen LogP contribution is -2.04. The van der Waals surface area contributed by atoms with Crippen molar-refractivity contribution in [2.45, 2.75) is 6.92 Å². The fourth-order valence-electron chi connectivity index (χ4n) is 0.833. The molecule has 0 atom stereocenters. The lowest BCUT2D eigenvalue weighted by molar-refractivity contribution is 1.16. The van der Waals surface area contributed by atoms with Gasteiger partial charge in [0.1, 0.15) is 0 Å². The second-order valence-electron chi connectivity index (χ2n) is 2.86. The van der Waals surface area contributed by atoms with Crippen LogP contribution in [0.3, 0.4) is 0 Å². The standard InChI is InChI=1S/C12H18N2/c1-4-5-6-12(9-13)10(2)7-8-11(3)14/h4-8H,2-3,9,13-14H2,1H3/b5-4-,8-7-,12-6+. The normalized spacial score (nSPS) is 12.6. The second kappa shape index (κ2) is 6.92. The Morgan fingerprint density at radius 1 is 1.29 bits per heavy atom. The number of allylic oxidation sites excluding steroid dienone is 5. The van der Waals surface area contributed by atoms with Crippen LogP contribution in [0.4, 0.5) is 0 Å².